The van der Waals surface area contributed by atoms with Crippen LogP contribution in [0.15, 0.2) is 10.2 Å². The molecule has 3 heteroatoms. The van der Waals surface area contributed by atoms with Crippen LogP contribution in [0.4, 0.5) is 0 Å². The van der Waals surface area contributed by atoms with Gasteiger partial charge in [0.25, 0.3) is 0 Å². The van der Waals surface area contributed by atoms with Gasteiger partial charge in [0.15, 0.2) is 0 Å². The SMILES string of the molecule is CCCCCCCCCCCCCCCN=NCCOC.[2H]C. The lowest BCUT2D eigenvalue weighted by atomic mass is 10.0. The number of rotatable bonds is 17. The summed E-state index contributed by atoms with van der Waals surface area (Å²) in [6, 6.07) is 0. The molecule has 0 bridgehead atoms. The summed E-state index contributed by atoms with van der Waals surface area (Å²) in [7, 11) is 2.95. The normalized spacial score (nSPS) is 11.3. The summed E-state index contributed by atoms with van der Waals surface area (Å²) in [6.45, 7) is 4.56. The van der Waals surface area contributed by atoms with Crippen LogP contribution in [0.2, 0.25) is 0 Å². The Morgan fingerprint density at radius 3 is 1.55 bits per heavy atom. The molecule has 0 saturated heterocycles. The largest absolute Gasteiger partial charge is 0.383 e. The number of hydrogen-bond donors (Lipinski definition) is 0. The molecule has 0 radical (unpaired) electrons. The third-order valence-corrected chi connectivity index (χ3v) is 3.86. The second-order valence-corrected chi connectivity index (χ2v) is 5.97. The van der Waals surface area contributed by atoms with Crippen LogP contribution in [0.3, 0.4) is 0 Å². The van der Waals surface area contributed by atoms with Crippen LogP contribution in [0.5, 0.6) is 0 Å². The molecule has 0 saturated carbocycles. The fourth-order valence-corrected chi connectivity index (χ4v) is 2.47. The van der Waals surface area contributed by atoms with E-state index >= 15 is 0 Å². The van der Waals surface area contributed by atoms with Gasteiger partial charge in [0.2, 0.25) is 0 Å². The fourth-order valence-electron chi connectivity index (χ4n) is 2.47. The van der Waals surface area contributed by atoms with Crippen LogP contribution in [-0.4, -0.2) is 26.8 Å². The van der Waals surface area contributed by atoms with Crippen molar-refractivity contribution in [1.29, 1.82) is 0 Å². The summed E-state index contributed by atoms with van der Waals surface area (Å²) in [5.41, 5.74) is 0. The van der Waals surface area contributed by atoms with E-state index in [4.69, 9.17) is 6.11 Å². The monoisotopic (exact) mass is 315 g/mol. The highest BCUT2D eigenvalue weighted by molar-refractivity contribution is 4.50. The maximum absolute atomic E-state index is 5.75. The van der Waals surface area contributed by atoms with Gasteiger partial charge in [0, 0.05) is 8.48 Å². The molecule has 0 rings (SSSR count). The minimum Gasteiger partial charge on any atom is -0.383 e. The smallest absolute Gasteiger partial charge is 0.0832 e. The molecular weight excluding hydrogens is 272 g/mol. The van der Waals surface area contributed by atoms with Crippen molar-refractivity contribution < 1.29 is 6.11 Å². The first-order valence-electron chi connectivity index (χ1n) is 10.2. The second kappa shape index (κ2) is 22.8. The highest BCUT2D eigenvalue weighted by Crippen LogP contribution is 2.12. The predicted molar refractivity (Wildman–Crippen MR) is 98.9 cm³/mol. The molecule has 0 atom stereocenters. The third kappa shape index (κ3) is 21.9. The Morgan fingerprint density at radius 1 is 0.682 bits per heavy atom. The molecule has 0 heterocycles. The predicted octanol–water partition coefficient (Wildman–Crippen LogP) is 6.81. The Bertz CT molecular complexity index is 214. The molecular formula is C19H42N2O. The van der Waals surface area contributed by atoms with Gasteiger partial charge in [-0.1, -0.05) is 91.4 Å². The van der Waals surface area contributed by atoms with Crippen molar-refractivity contribution in [3.8, 4) is 0 Å². The minimum atomic E-state index is 0.683. The Kier molecular flexibility index (Phi) is 22.4. The number of azo groups is 1. The van der Waals surface area contributed by atoms with Gasteiger partial charge in [-0.25, -0.2) is 0 Å². The quantitative estimate of drug-likeness (QED) is 0.214. The maximum atomic E-state index is 5.75. The average Bonchev–Trinajstić information content (AvgIpc) is 2.59. The molecule has 3 nitrogen and oxygen atoms in total. The first-order chi connectivity index (χ1) is 11.4. The number of unbranched alkanes of at least 4 members (excludes halogenated alkanes) is 12. The van der Waals surface area contributed by atoms with E-state index in [1.807, 2.05) is 0 Å². The van der Waals surface area contributed by atoms with E-state index in [-0.39, 0.29) is 0 Å². The zero-order valence-electron chi connectivity index (χ0n) is 16.6. The number of methoxy groups -OCH3 is 1. The van der Waals surface area contributed by atoms with Crippen molar-refractivity contribution in [2.45, 2.75) is 97.8 Å². The molecule has 134 valence electrons. The Labute approximate surface area is 141 Å². The van der Waals surface area contributed by atoms with E-state index in [0.29, 0.717) is 13.2 Å². The van der Waals surface area contributed by atoms with Gasteiger partial charge in [0.1, 0.15) is 0 Å². The van der Waals surface area contributed by atoms with E-state index in [2.05, 4.69) is 17.2 Å². The molecule has 0 unspecified atom stereocenters. The molecule has 0 aliphatic rings. The zero-order chi connectivity index (χ0) is 17.4. The van der Waals surface area contributed by atoms with Gasteiger partial charge in [-0.3, -0.25) is 0 Å². The van der Waals surface area contributed by atoms with Gasteiger partial charge in [-0.2, -0.15) is 10.2 Å². The van der Waals surface area contributed by atoms with Gasteiger partial charge >= 0.3 is 0 Å². The van der Waals surface area contributed by atoms with Crippen LogP contribution in [0, 0.1) is 0 Å². The highest BCUT2D eigenvalue weighted by Gasteiger charge is 1.93. The lowest BCUT2D eigenvalue weighted by Gasteiger charge is -2.02. The van der Waals surface area contributed by atoms with Crippen molar-refractivity contribution >= 4 is 0 Å². The maximum Gasteiger partial charge on any atom is 0.0832 e. The van der Waals surface area contributed by atoms with Crippen LogP contribution in [0.1, 0.15) is 99.2 Å². The van der Waals surface area contributed by atoms with Crippen molar-refractivity contribution in [3.63, 3.8) is 0 Å². The van der Waals surface area contributed by atoms with Crippen molar-refractivity contribution in [1.82, 2.24) is 0 Å². The Morgan fingerprint density at radius 2 is 1.09 bits per heavy atom. The first kappa shape index (κ1) is 21.6. The van der Waals surface area contributed by atoms with E-state index in [1.54, 1.807) is 7.11 Å². The molecule has 0 aliphatic carbocycles. The van der Waals surface area contributed by atoms with E-state index in [9.17, 15) is 0 Å². The van der Waals surface area contributed by atoms with Gasteiger partial charge in [-0.15, -0.1) is 0 Å². The lowest BCUT2D eigenvalue weighted by Crippen LogP contribution is -1.91. The molecule has 0 aromatic rings. The standard InChI is InChI=1S/C18H38N2O.CH4/c1-3-4-5-6-7-8-9-10-11-12-13-14-15-16-19-20-17-18-21-2;/h3-18H2,1-2H3;1H4/i;1D. The van der Waals surface area contributed by atoms with Gasteiger partial charge in [-0.05, 0) is 6.42 Å². The van der Waals surface area contributed by atoms with E-state index < -0.39 is 0 Å². The van der Waals surface area contributed by atoms with E-state index in [0.717, 1.165) is 6.54 Å². The number of ether oxygens (including phenoxy) is 1. The van der Waals surface area contributed by atoms with Crippen molar-refractivity contribution in [2.24, 2.45) is 10.2 Å². The highest BCUT2D eigenvalue weighted by atomic mass is 16.5. The van der Waals surface area contributed by atoms with Gasteiger partial charge < -0.3 is 4.74 Å². The average molecular weight is 316 g/mol. The summed E-state index contributed by atoms with van der Waals surface area (Å²) in [4.78, 5) is 0. The summed E-state index contributed by atoms with van der Waals surface area (Å²) < 4.78 is 10.7. The molecule has 0 spiro atoms. The molecule has 0 aromatic carbocycles. The molecule has 0 aliphatic heterocycles. The number of hydrogen-bond acceptors (Lipinski definition) is 3. The topological polar surface area (TPSA) is 34.0 Å². The Hall–Kier alpha value is -0.440. The second-order valence-electron chi connectivity index (χ2n) is 5.97. The minimum absolute atomic E-state index is 0.683. The summed E-state index contributed by atoms with van der Waals surface area (Å²) in [5, 5.41) is 8.20. The summed E-state index contributed by atoms with van der Waals surface area (Å²) in [5.74, 6) is 0. The van der Waals surface area contributed by atoms with Crippen LogP contribution < -0.4 is 0 Å². The number of nitrogens with zero attached hydrogens (tertiary/aromatic N) is 2. The lowest BCUT2D eigenvalue weighted by molar-refractivity contribution is 0.206. The van der Waals surface area contributed by atoms with E-state index in [1.165, 1.54) is 90.9 Å². The van der Waals surface area contributed by atoms with Crippen LogP contribution >= 0.6 is 0 Å². The molecule has 0 N–H and O–H groups in total. The molecule has 0 fully saturated rings. The molecule has 0 amide bonds. The van der Waals surface area contributed by atoms with Crippen LogP contribution in [0.25, 0.3) is 0 Å². The fraction of sp³-hybridized carbons (Fsp3) is 1.00. The van der Waals surface area contributed by atoms with Crippen molar-refractivity contribution in [3.05, 3.63) is 0 Å². The first-order valence-corrected chi connectivity index (χ1v) is 9.24. The molecule has 22 heavy (non-hydrogen) atoms. The zero-order valence-corrected chi connectivity index (χ0v) is 15.6. The summed E-state index contributed by atoms with van der Waals surface area (Å²) in [6.07, 6.45) is 18.1. The van der Waals surface area contributed by atoms with Crippen LogP contribution in [-0.2, 0) is 4.74 Å². The molecule has 0 aromatic heterocycles. The third-order valence-electron chi connectivity index (χ3n) is 3.86. The van der Waals surface area contributed by atoms with Gasteiger partial charge in [0.05, 0.1) is 19.7 Å². The Balaban J connectivity index is 0. The summed E-state index contributed by atoms with van der Waals surface area (Å²) >= 11 is 0. The van der Waals surface area contributed by atoms with Crippen molar-refractivity contribution in [2.75, 3.05) is 26.8 Å².